The second kappa shape index (κ2) is 7.98. The summed E-state index contributed by atoms with van der Waals surface area (Å²) in [6.45, 7) is 3.85. The predicted molar refractivity (Wildman–Crippen MR) is 84.5 cm³/mol. The van der Waals surface area contributed by atoms with Crippen molar-refractivity contribution in [2.45, 2.75) is 20.4 Å². The number of hydrazine groups is 1. The zero-order valence-electron chi connectivity index (χ0n) is 13.1. The lowest BCUT2D eigenvalue weighted by Crippen LogP contribution is -2.46. The van der Waals surface area contributed by atoms with Crippen molar-refractivity contribution < 1.29 is 19.1 Å². The zero-order chi connectivity index (χ0) is 16.7. The molecule has 0 saturated heterocycles. The molecule has 0 atom stereocenters. The summed E-state index contributed by atoms with van der Waals surface area (Å²) < 4.78 is 9.72. The van der Waals surface area contributed by atoms with E-state index in [1.807, 2.05) is 30.3 Å². The van der Waals surface area contributed by atoms with E-state index in [0.29, 0.717) is 5.69 Å². The van der Waals surface area contributed by atoms with Gasteiger partial charge < -0.3 is 9.47 Å². The molecular formula is C16H19N3O4. The van der Waals surface area contributed by atoms with E-state index in [4.69, 9.17) is 9.47 Å². The predicted octanol–water partition coefficient (Wildman–Crippen LogP) is 2.85. The van der Waals surface area contributed by atoms with Crippen LogP contribution in [-0.2, 0) is 16.0 Å². The molecule has 0 aliphatic heterocycles. The van der Waals surface area contributed by atoms with Gasteiger partial charge >= 0.3 is 12.2 Å². The number of fused-ring (bicyclic) bond motifs is 1. The molecule has 0 radical (unpaired) electrons. The smallest absolute Gasteiger partial charge is 0.429 e. The summed E-state index contributed by atoms with van der Waals surface area (Å²) >= 11 is 0. The summed E-state index contributed by atoms with van der Waals surface area (Å²) in [5.41, 5.74) is 3.79. The molecule has 0 aliphatic carbocycles. The largest absolute Gasteiger partial charge is 0.449 e. The Hall–Kier alpha value is -2.83. The minimum Gasteiger partial charge on any atom is -0.449 e. The molecule has 23 heavy (non-hydrogen) atoms. The monoisotopic (exact) mass is 317 g/mol. The van der Waals surface area contributed by atoms with Crippen LogP contribution in [0.25, 0.3) is 10.9 Å². The maximum Gasteiger partial charge on any atom is 0.429 e. The van der Waals surface area contributed by atoms with Gasteiger partial charge in [-0.15, -0.1) is 0 Å². The minimum atomic E-state index is -0.721. The Balaban J connectivity index is 2.16. The summed E-state index contributed by atoms with van der Waals surface area (Å²) in [6, 6.07) is 11.3. The highest BCUT2D eigenvalue weighted by atomic mass is 16.6. The van der Waals surface area contributed by atoms with Crippen LogP contribution in [0, 0.1) is 0 Å². The maximum absolute atomic E-state index is 12.0. The lowest BCUT2D eigenvalue weighted by atomic mass is 10.2. The third kappa shape index (κ3) is 4.57. The van der Waals surface area contributed by atoms with E-state index in [-0.39, 0.29) is 19.8 Å². The van der Waals surface area contributed by atoms with E-state index in [1.54, 1.807) is 19.9 Å². The molecule has 1 heterocycles. The Morgan fingerprint density at radius 2 is 1.83 bits per heavy atom. The zero-order valence-corrected chi connectivity index (χ0v) is 13.1. The van der Waals surface area contributed by atoms with Crippen molar-refractivity contribution in [3.63, 3.8) is 0 Å². The molecule has 7 nitrogen and oxygen atoms in total. The van der Waals surface area contributed by atoms with Gasteiger partial charge in [-0.1, -0.05) is 24.3 Å². The van der Waals surface area contributed by atoms with Gasteiger partial charge in [0.1, 0.15) is 0 Å². The first-order valence-electron chi connectivity index (χ1n) is 7.36. The number of nitrogens with zero attached hydrogens (tertiary/aromatic N) is 2. The average molecular weight is 317 g/mol. The van der Waals surface area contributed by atoms with Crippen LogP contribution in [0.4, 0.5) is 9.59 Å². The number of rotatable bonds is 4. The van der Waals surface area contributed by atoms with E-state index in [9.17, 15) is 9.59 Å². The van der Waals surface area contributed by atoms with E-state index >= 15 is 0 Å². The van der Waals surface area contributed by atoms with Gasteiger partial charge in [0, 0.05) is 5.39 Å². The summed E-state index contributed by atoms with van der Waals surface area (Å²) in [6.07, 6.45) is -1.39. The van der Waals surface area contributed by atoms with Gasteiger partial charge in [-0.3, -0.25) is 4.98 Å². The Morgan fingerprint density at radius 3 is 2.57 bits per heavy atom. The molecule has 0 spiro atoms. The van der Waals surface area contributed by atoms with Gasteiger partial charge in [-0.05, 0) is 26.0 Å². The molecule has 2 aromatic rings. The second-order valence-electron chi connectivity index (χ2n) is 4.61. The van der Waals surface area contributed by atoms with Gasteiger partial charge in [0.05, 0.1) is 31.0 Å². The van der Waals surface area contributed by atoms with E-state index in [2.05, 4.69) is 10.4 Å². The summed E-state index contributed by atoms with van der Waals surface area (Å²) in [5, 5.41) is 2.04. The standard InChI is InChI=1S/C16H19N3O4/c1-3-22-15(20)18-19(16(21)23-4-2)11-13-10-9-12-7-5-6-8-14(12)17-13/h5-10H,3-4,11H2,1-2H3,(H,18,20). The molecule has 2 amide bonds. The molecule has 0 bridgehead atoms. The number of benzene rings is 1. The highest BCUT2D eigenvalue weighted by Crippen LogP contribution is 2.13. The fourth-order valence-electron chi connectivity index (χ4n) is 1.98. The van der Waals surface area contributed by atoms with Crippen LogP contribution in [0.5, 0.6) is 0 Å². The Labute approximate surface area is 134 Å². The normalized spacial score (nSPS) is 10.2. The first-order chi connectivity index (χ1) is 11.1. The lowest BCUT2D eigenvalue weighted by Gasteiger charge is -2.21. The van der Waals surface area contributed by atoms with Crippen molar-refractivity contribution >= 4 is 23.1 Å². The number of ether oxygens (including phenoxy) is 2. The number of nitrogens with one attached hydrogen (secondary N) is 1. The van der Waals surface area contributed by atoms with Crippen LogP contribution in [-0.4, -0.2) is 35.4 Å². The number of carbonyl (C=O) groups is 2. The number of carbonyl (C=O) groups excluding carboxylic acids is 2. The van der Waals surface area contributed by atoms with Crippen LogP contribution in [0.1, 0.15) is 19.5 Å². The van der Waals surface area contributed by atoms with Crippen molar-refractivity contribution in [2.75, 3.05) is 13.2 Å². The Morgan fingerprint density at radius 1 is 1.09 bits per heavy atom. The van der Waals surface area contributed by atoms with Crippen LogP contribution in [0.2, 0.25) is 0 Å². The number of amides is 2. The molecule has 0 aliphatic rings. The van der Waals surface area contributed by atoms with Gasteiger partial charge in [-0.25, -0.2) is 20.0 Å². The first kappa shape index (κ1) is 16.5. The third-order valence-electron chi connectivity index (χ3n) is 2.97. The van der Waals surface area contributed by atoms with Crippen molar-refractivity contribution in [3.8, 4) is 0 Å². The van der Waals surface area contributed by atoms with Crippen molar-refractivity contribution in [2.24, 2.45) is 0 Å². The second-order valence-corrected chi connectivity index (χ2v) is 4.61. The average Bonchev–Trinajstić information content (AvgIpc) is 2.54. The molecule has 122 valence electrons. The third-order valence-corrected chi connectivity index (χ3v) is 2.97. The fraction of sp³-hybridized carbons (Fsp3) is 0.312. The van der Waals surface area contributed by atoms with Gasteiger partial charge in [-0.2, -0.15) is 0 Å². The van der Waals surface area contributed by atoms with Crippen molar-refractivity contribution in [1.29, 1.82) is 0 Å². The number of pyridine rings is 1. The lowest BCUT2D eigenvalue weighted by molar-refractivity contribution is 0.0707. The topological polar surface area (TPSA) is 80.8 Å². The molecule has 1 N–H and O–H groups in total. The minimum absolute atomic E-state index is 0.0719. The van der Waals surface area contributed by atoms with Crippen LogP contribution in [0.3, 0.4) is 0 Å². The number of para-hydroxylation sites is 1. The molecule has 1 aromatic heterocycles. The van der Waals surface area contributed by atoms with E-state index < -0.39 is 12.2 Å². The van der Waals surface area contributed by atoms with Crippen molar-refractivity contribution in [3.05, 3.63) is 42.1 Å². The summed E-state index contributed by atoms with van der Waals surface area (Å²) in [4.78, 5) is 28.0. The van der Waals surface area contributed by atoms with Gasteiger partial charge in [0.25, 0.3) is 0 Å². The summed E-state index contributed by atoms with van der Waals surface area (Å²) in [7, 11) is 0. The van der Waals surface area contributed by atoms with Crippen LogP contribution < -0.4 is 5.43 Å². The maximum atomic E-state index is 12.0. The van der Waals surface area contributed by atoms with Gasteiger partial charge in [0.15, 0.2) is 0 Å². The number of hydrogen-bond acceptors (Lipinski definition) is 5. The number of hydrogen-bond donors (Lipinski definition) is 1. The van der Waals surface area contributed by atoms with E-state index in [0.717, 1.165) is 15.9 Å². The summed E-state index contributed by atoms with van der Waals surface area (Å²) in [5.74, 6) is 0. The first-order valence-corrected chi connectivity index (χ1v) is 7.36. The molecule has 0 unspecified atom stereocenters. The van der Waals surface area contributed by atoms with Crippen LogP contribution >= 0.6 is 0 Å². The van der Waals surface area contributed by atoms with Crippen LogP contribution in [0.15, 0.2) is 36.4 Å². The SMILES string of the molecule is CCOC(=O)NN(Cc1ccc2ccccc2n1)C(=O)OCC. The quantitative estimate of drug-likeness (QED) is 0.877. The molecule has 0 fully saturated rings. The molecule has 7 heteroatoms. The molecule has 1 aromatic carbocycles. The van der Waals surface area contributed by atoms with Crippen molar-refractivity contribution in [1.82, 2.24) is 15.4 Å². The fourth-order valence-corrected chi connectivity index (χ4v) is 1.98. The highest BCUT2D eigenvalue weighted by Gasteiger charge is 2.19. The Kier molecular flexibility index (Phi) is 5.74. The van der Waals surface area contributed by atoms with Gasteiger partial charge in [0.2, 0.25) is 0 Å². The highest BCUT2D eigenvalue weighted by molar-refractivity contribution is 5.78. The molecular weight excluding hydrogens is 298 g/mol. The number of aromatic nitrogens is 1. The van der Waals surface area contributed by atoms with E-state index in [1.165, 1.54) is 0 Å². The molecule has 0 saturated carbocycles. The molecule has 2 rings (SSSR count). The Bertz CT molecular complexity index is 690.